The third-order valence-electron chi connectivity index (χ3n) is 1.69. The monoisotopic (exact) mass is 175 g/mol. The second-order valence-corrected chi connectivity index (χ2v) is 2.53. The SMILES string of the molecule is N#CC1=CC(=[N+]=[N-])C(B(O)O)C=C1. The smallest absolute Gasteiger partial charge is 0.426 e. The lowest BCUT2D eigenvalue weighted by molar-refractivity contribution is -0.00596. The standard InChI is InChI=1S/C7H6BN3O2/c9-4-5-1-2-6(8(12)13)7(3-5)11-10/h1-3,6,12-13H. The van der Waals surface area contributed by atoms with E-state index in [1.165, 1.54) is 18.2 Å². The van der Waals surface area contributed by atoms with Gasteiger partial charge in [-0.25, -0.2) is 0 Å². The Morgan fingerprint density at radius 1 is 1.62 bits per heavy atom. The molecule has 0 fully saturated rings. The van der Waals surface area contributed by atoms with Crippen molar-refractivity contribution in [3.8, 4) is 6.07 Å². The molecule has 6 heteroatoms. The highest BCUT2D eigenvalue weighted by Gasteiger charge is 2.33. The molecule has 1 rings (SSSR count). The zero-order valence-corrected chi connectivity index (χ0v) is 6.62. The summed E-state index contributed by atoms with van der Waals surface area (Å²) in [5, 5.41) is 26.2. The summed E-state index contributed by atoms with van der Waals surface area (Å²) in [4.78, 5) is 2.87. The summed E-state index contributed by atoms with van der Waals surface area (Å²) in [6.45, 7) is 0. The van der Waals surface area contributed by atoms with Crippen molar-refractivity contribution in [3.05, 3.63) is 29.3 Å². The molecule has 0 aromatic heterocycles. The first kappa shape index (κ1) is 9.42. The molecular weight excluding hydrogens is 169 g/mol. The minimum Gasteiger partial charge on any atom is -0.426 e. The fourth-order valence-corrected chi connectivity index (χ4v) is 1.03. The molecule has 0 radical (unpaired) electrons. The van der Waals surface area contributed by atoms with E-state index in [2.05, 4.69) is 4.79 Å². The maximum absolute atomic E-state index is 8.84. The molecule has 0 aromatic carbocycles. The van der Waals surface area contributed by atoms with Crippen molar-refractivity contribution in [1.29, 1.82) is 5.26 Å². The third-order valence-corrected chi connectivity index (χ3v) is 1.69. The van der Waals surface area contributed by atoms with Crippen molar-refractivity contribution in [1.82, 2.24) is 0 Å². The van der Waals surface area contributed by atoms with Crippen molar-refractivity contribution in [3.63, 3.8) is 0 Å². The minimum absolute atomic E-state index is 0.0639. The summed E-state index contributed by atoms with van der Waals surface area (Å²) in [6.07, 6.45) is 4.14. The highest BCUT2D eigenvalue weighted by molar-refractivity contribution is 6.51. The van der Waals surface area contributed by atoms with Gasteiger partial charge in [-0.3, -0.25) is 0 Å². The number of hydrogen-bond acceptors (Lipinski definition) is 3. The van der Waals surface area contributed by atoms with Crippen LogP contribution in [-0.4, -0.2) is 27.7 Å². The number of hydrogen-bond donors (Lipinski definition) is 2. The van der Waals surface area contributed by atoms with Gasteiger partial charge in [0.05, 0.1) is 11.6 Å². The second-order valence-electron chi connectivity index (χ2n) is 2.53. The van der Waals surface area contributed by atoms with Crippen LogP contribution in [-0.2, 0) is 0 Å². The average molecular weight is 175 g/mol. The van der Waals surface area contributed by atoms with Gasteiger partial charge in [0.2, 0.25) is 0 Å². The van der Waals surface area contributed by atoms with Crippen LogP contribution in [0.1, 0.15) is 0 Å². The molecule has 0 saturated heterocycles. The zero-order valence-electron chi connectivity index (χ0n) is 6.62. The maximum atomic E-state index is 8.84. The van der Waals surface area contributed by atoms with Crippen molar-refractivity contribution in [2.75, 3.05) is 0 Å². The van der Waals surface area contributed by atoms with Crippen molar-refractivity contribution >= 4 is 12.8 Å². The van der Waals surface area contributed by atoms with E-state index in [0.717, 1.165) is 0 Å². The van der Waals surface area contributed by atoms with Gasteiger partial charge in [-0.1, -0.05) is 6.08 Å². The third kappa shape index (κ3) is 1.92. The molecule has 0 bridgehead atoms. The summed E-state index contributed by atoms with van der Waals surface area (Å²) < 4.78 is 0. The van der Waals surface area contributed by atoms with Crippen LogP contribution in [0, 0.1) is 11.3 Å². The first-order chi connectivity index (χ1) is 6.19. The van der Waals surface area contributed by atoms with Crippen LogP contribution >= 0.6 is 0 Å². The summed E-state index contributed by atoms with van der Waals surface area (Å²) in [5.74, 6) is -0.776. The lowest BCUT2D eigenvalue weighted by atomic mass is 9.68. The predicted molar refractivity (Wildman–Crippen MR) is 45.4 cm³/mol. The largest absolute Gasteiger partial charge is 0.471 e. The zero-order chi connectivity index (χ0) is 9.84. The molecule has 5 nitrogen and oxygen atoms in total. The Morgan fingerprint density at radius 2 is 2.31 bits per heavy atom. The fraction of sp³-hybridized carbons (Fsp3) is 0.143. The number of nitrogens with zero attached hydrogens (tertiary/aromatic N) is 3. The maximum Gasteiger partial charge on any atom is 0.471 e. The molecule has 1 aliphatic rings. The number of allylic oxidation sites excluding steroid dienone is 4. The molecule has 0 heterocycles. The van der Waals surface area contributed by atoms with E-state index in [-0.39, 0.29) is 5.71 Å². The van der Waals surface area contributed by atoms with Gasteiger partial charge in [-0.15, -0.1) is 0 Å². The van der Waals surface area contributed by atoms with E-state index in [9.17, 15) is 0 Å². The van der Waals surface area contributed by atoms with Crippen molar-refractivity contribution in [2.24, 2.45) is 0 Å². The van der Waals surface area contributed by atoms with Crippen molar-refractivity contribution in [2.45, 2.75) is 5.82 Å². The second kappa shape index (κ2) is 3.83. The van der Waals surface area contributed by atoms with Gasteiger partial charge >= 0.3 is 7.12 Å². The van der Waals surface area contributed by atoms with E-state index < -0.39 is 12.9 Å². The van der Waals surface area contributed by atoms with Gasteiger partial charge in [-0.2, -0.15) is 10.1 Å². The quantitative estimate of drug-likeness (QED) is 0.319. The molecule has 2 N–H and O–H groups in total. The number of rotatable bonds is 1. The summed E-state index contributed by atoms with van der Waals surface area (Å²) in [7, 11) is -1.63. The molecular formula is C7H6BN3O2. The Morgan fingerprint density at radius 3 is 2.77 bits per heavy atom. The van der Waals surface area contributed by atoms with E-state index in [1.54, 1.807) is 0 Å². The van der Waals surface area contributed by atoms with Gasteiger partial charge in [0.1, 0.15) is 5.82 Å². The van der Waals surface area contributed by atoms with Gasteiger partial charge < -0.3 is 15.6 Å². The van der Waals surface area contributed by atoms with Crippen LogP contribution in [0.15, 0.2) is 23.8 Å². The molecule has 0 aromatic rings. The van der Waals surface area contributed by atoms with Crippen LogP contribution in [0.2, 0.25) is 5.82 Å². The molecule has 0 amide bonds. The summed E-state index contributed by atoms with van der Waals surface area (Å²) >= 11 is 0. The van der Waals surface area contributed by atoms with E-state index in [4.69, 9.17) is 20.8 Å². The molecule has 64 valence electrons. The average Bonchev–Trinajstić information content (AvgIpc) is 2.16. The summed E-state index contributed by atoms with van der Waals surface area (Å²) in [5.41, 5.74) is 8.88. The van der Waals surface area contributed by atoms with Gasteiger partial charge in [0.25, 0.3) is 5.71 Å². The molecule has 1 aliphatic carbocycles. The Kier molecular flexibility index (Phi) is 2.78. The van der Waals surface area contributed by atoms with Gasteiger partial charge in [0.15, 0.2) is 0 Å². The topological polar surface area (TPSA) is 101 Å². The molecule has 0 saturated carbocycles. The molecule has 13 heavy (non-hydrogen) atoms. The predicted octanol–water partition coefficient (Wildman–Crippen LogP) is -0.480. The van der Waals surface area contributed by atoms with Crippen LogP contribution in [0.3, 0.4) is 0 Å². The lowest BCUT2D eigenvalue weighted by Crippen LogP contribution is -2.26. The van der Waals surface area contributed by atoms with Crippen LogP contribution in [0.5, 0.6) is 0 Å². The Labute approximate surface area is 75.0 Å². The van der Waals surface area contributed by atoms with Gasteiger partial charge in [0, 0.05) is 6.08 Å². The molecule has 0 aliphatic heterocycles. The summed E-state index contributed by atoms with van der Waals surface area (Å²) in [6, 6.07) is 1.85. The van der Waals surface area contributed by atoms with Crippen molar-refractivity contribution < 1.29 is 14.8 Å². The normalized spacial score (nSPS) is 20.2. The Balaban J connectivity index is 3.02. The van der Waals surface area contributed by atoms with Crippen LogP contribution in [0.4, 0.5) is 0 Å². The fourth-order valence-electron chi connectivity index (χ4n) is 1.03. The van der Waals surface area contributed by atoms with Crippen LogP contribution < -0.4 is 0 Å². The molecule has 1 unspecified atom stereocenters. The first-order valence-corrected chi connectivity index (χ1v) is 3.57. The Hall–Kier alpha value is -1.67. The highest BCUT2D eigenvalue weighted by Crippen LogP contribution is 2.18. The molecule has 0 spiro atoms. The van der Waals surface area contributed by atoms with E-state index in [1.807, 2.05) is 6.07 Å². The van der Waals surface area contributed by atoms with Crippen LogP contribution in [0.25, 0.3) is 5.53 Å². The lowest BCUT2D eigenvalue weighted by Gasteiger charge is -2.07. The number of nitriles is 1. The van der Waals surface area contributed by atoms with E-state index in [0.29, 0.717) is 5.57 Å². The van der Waals surface area contributed by atoms with Gasteiger partial charge in [-0.05, 0) is 6.08 Å². The molecule has 1 atom stereocenters. The van der Waals surface area contributed by atoms with E-state index >= 15 is 0 Å². The highest BCUT2D eigenvalue weighted by atomic mass is 16.4. The first-order valence-electron chi connectivity index (χ1n) is 3.57. The Bertz CT molecular complexity index is 360. The minimum atomic E-state index is -1.63.